The van der Waals surface area contributed by atoms with Gasteiger partial charge in [-0.25, -0.2) is 0 Å². The van der Waals surface area contributed by atoms with Gasteiger partial charge in [-0.2, -0.15) is 0 Å². The van der Waals surface area contributed by atoms with Crippen molar-refractivity contribution in [2.24, 2.45) is 0 Å². The van der Waals surface area contributed by atoms with E-state index in [0.717, 1.165) is 21.9 Å². The molecule has 0 saturated heterocycles. The van der Waals surface area contributed by atoms with E-state index in [-0.39, 0.29) is 5.91 Å². The van der Waals surface area contributed by atoms with Crippen LogP contribution in [0.3, 0.4) is 0 Å². The van der Waals surface area contributed by atoms with Crippen LogP contribution in [0.1, 0.15) is 10.4 Å². The zero-order valence-electron chi connectivity index (χ0n) is 12.3. The molecule has 0 aliphatic rings. The van der Waals surface area contributed by atoms with Crippen molar-refractivity contribution in [2.75, 3.05) is 5.32 Å². The molecule has 3 aromatic carbocycles. The number of carbonyl (C=O) groups excluding carboxylic acids is 1. The summed E-state index contributed by atoms with van der Waals surface area (Å²) in [7, 11) is 0. The number of hydrogen-bond donors (Lipinski definition) is 1. The maximum atomic E-state index is 12.3. The Morgan fingerprint density at radius 3 is 2.46 bits per heavy atom. The van der Waals surface area contributed by atoms with Gasteiger partial charge in [0.05, 0.1) is 10.0 Å². The minimum absolute atomic E-state index is 0.260. The van der Waals surface area contributed by atoms with Crippen LogP contribution in [-0.2, 0) is 0 Å². The number of hydrogen-bond acceptors (Lipinski definition) is 2. The van der Waals surface area contributed by atoms with Crippen molar-refractivity contribution < 1.29 is 9.21 Å². The van der Waals surface area contributed by atoms with Gasteiger partial charge in [-0.3, -0.25) is 4.79 Å². The van der Waals surface area contributed by atoms with Crippen molar-refractivity contribution in [1.82, 2.24) is 0 Å². The van der Waals surface area contributed by atoms with E-state index in [4.69, 9.17) is 27.6 Å². The van der Waals surface area contributed by atoms with Crippen LogP contribution in [0.5, 0.6) is 0 Å². The van der Waals surface area contributed by atoms with E-state index >= 15 is 0 Å². The molecule has 0 aliphatic heterocycles. The smallest absolute Gasteiger partial charge is 0.255 e. The number of benzene rings is 3. The highest BCUT2D eigenvalue weighted by molar-refractivity contribution is 6.42. The molecular weight excluding hydrogens is 345 g/mol. The molecular formula is C19H11Cl2NO2. The molecule has 0 unspecified atom stereocenters. The molecule has 4 rings (SSSR count). The summed E-state index contributed by atoms with van der Waals surface area (Å²) in [6, 6.07) is 18.2. The monoisotopic (exact) mass is 355 g/mol. The molecule has 0 atom stereocenters. The van der Waals surface area contributed by atoms with Crippen LogP contribution in [0, 0.1) is 0 Å². The number of fused-ring (bicyclic) bond motifs is 3. The quantitative estimate of drug-likeness (QED) is 0.468. The van der Waals surface area contributed by atoms with Gasteiger partial charge in [0, 0.05) is 28.1 Å². The van der Waals surface area contributed by atoms with Gasteiger partial charge in [-0.1, -0.05) is 41.4 Å². The molecule has 0 spiro atoms. The summed E-state index contributed by atoms with van der Waals surface area (Å²) < 4.78 is 5.83. The van der Waals surface area contributed by atoms with E-state index in [0.29, 0.717) is 21.3 Å². The predicted octanol–water partition coefficient (Wildman–Crippen LogP) is 6.15. The summed E-state index contributed by atoms with van der Waals surface area (Å²) >= 11 is 11.8. The van der Waals surface area contributed by atoms with Gasteiger partial charge in [0.15, 0.2) is 0 Å². The predicted molar refractivity (Wildman–Crippen MR) is 98.1 cm³/mol. The molecule has 0 aliphatic carbocycles. The van der Waals surface area contributed by atoms with E-state index < -0.39 is 0 Å². The van der Waals surface area contributed by atoms with Crippen LogP contribution in [0.4, 0.5) is 5.69 Å². The fourth-order valence-electron chi connectivity index (χ4n) is 2.64. The van der Waals surface area contributed by atoms with Crippen molar-refractivity contribution in [2.45, 2.75) is 0 Å². The number of furan rings is 1. The first kappa shape index (κ1) is 15.1. The van der Waals surface area contributed by atoms with Crippen LogP contribution in [0.25, 0.3) is 21.9 Å². The van der Waals surface area contributed by atoms with Crippen LogP contribution < -0.4 is 5.32 Å². The number of anilines is 1. The number of nitrogens with one attached hydrogen (secondary N) is 1. The topological polar surface area (TPSA) is 42.2 Å². The second kappa shape index (κ2) is 5.86. The lowest BCUT2D eigenvalue weighted by atomic mass is 10.1. The van der Waals surface area contributed by atoms with Crippen LogP contribution in [0.2, 0.25) is 10.0 Å². The van der Waals surface area contributed by atoms with E-state index in [2.05, 4.69) is 5.32 Å². The van der Waals surface area contributed by atoms with Gasteiger partial charge in [0.1, 0.15) is 11.2 Å². The first-order valence-corrected chi connectivity index (χ1v) is 8.05. The van der Waals surface area contributed by atoms with Crippen LogP contribution in [-0.4, -0.2) is 5.91 Å². The van der Waals surface area contributed by atoms with Gasteiger partial charge in [0.2, 0.25) is 0 Å². The Kier molecular flexibility index (Phi) is 3.68. The highest BCUT2D eigenvalue weighted by atomic mass is 35.5. The maximum absolute atomic E-state index is 12.3. The molecule has 4 aromatic rings. The number of para-hydroxylation sites is 1. The summed E-state index contributed by atoms with van der Waals surface area (Å²) in [6.45, 7) is 0. The molecule has 1 amide bonds. The van der Waals surface area contributed by atoms with Crippen molar-refractivity contribution in [3.8, 4) is 0 Å². The van der Waals surface area contributed by atoms with Gasteiger partial charge in [-0.15, -0.1) is 0 Å². The Hall–Kier alpha value is -2.49. The lowest BCUT2D eigenvalue weighted by molar-refractivity contribution is 0.102. The highest BCUT2D eigenvalue weighted by Gasteiger charge is 2.11. The Balaban J connectivity index is 1.67. The first-order chi connectivity index (χ1) is 11.6. The number of carbonyl (C=O) groups is 1. The lowest BCUT2D eigenvalue weighted by Gasteiger charge is -2.06. The molecule has 1 N–H and O–H groups in total. The van der Waals surface area contributed by atoms with Crippen LogP contribution in [0.15, 0.2) is 65.1 Å². The Bertz CT molecular complexity index is 1090. The fourth-order valence-corrected chi connectivity index (χ4v) is 2.94. The summed E-state index contributed by atoms with van der Waals surface area (Å²) in [5.41, 5.74) is 2.63. The molecule has 0 fully saturated rings. The van der Waals surface area contributed by atoms with Crippen molar-refractivity contribution in [3.05, 3.63) is 76.3 Å². The summed E-state index contributed by atoms with van der Waals surface area (Å²) in [5.74, 6) is -0.260. The van der Waals surface area contributed by atoms with E-state index in [1.165, 1.54) is 0 Å². The zero-order chi connectivity index (χ0) is 16.7. The Labute approximate surface area is 147 Å². The maximum Gasteiger partial charge on any atom is 0.255 e. The second-order valence-electron chi connectivity index (χ2n) is 5.39. The molecule has 1 heterocycles. The Morgan fingerprint density at radius 2 is 1.62 bits per heavy atom. The molecule has 118 valence electrons. The lowest BCUT2D eigenvalue weighted by Crippen LogP contribution is -2.11. The van der Waals surface area contributed by atoms with Crippen molar-refractivity contribution in [1.29, 1.82) is 0 Å². The van der Waals surface area contributed by atoms with Gasteiger partial charge >= 0.3 is 0 Å². The minimum Gasteiger partial charge on any atom is -0.456 e. The molecule has 0 radical (unpaired) electrons. The summed E-state index contributed by atoms with van der Waals surface area (Å²) in [5, 5.41) is 5.66. The third-order valence-electron chi connectivity index (χ3n) is 3.82. The second-order valence-corrected chi connectivity index (χ2v) is 6.21. The fraction of sp³-hybridized carbons (Fsp3) is 0. The highest BCUT2D eigenvalue weighted by Crippen LogP contribution is 2.30. The summed E-state index contributed by atoms with van der Waals surface area (Å²) in [6.07, 6.45) is 0. The molecule has 24 heavy (non-hydrogen) atoms. The van der Waals surface area contributed by atoms with Gasteiger partial charge < -0.3 is 9.73 Å². The van der Waals surface area contributed by atoms with E-state index in [1.54, 1.807) is 18.2 Å². The standard InChI is InChI=1S/C19H11Cl2NO2/c20-15-8-5-11(9-16(15)21)19(23)22-12-6-7-14-13-3-1-2-4-17(13)24-18(14)10-12/h1-10H,(H,22,23). The SMILES string of the molecule is O=C(Nc1ccc2c(c1)oc1ccccc12)c1ccc(Cl)c(Cl)c1. The molecule has 1 aromatic heterocycles. The van der Waals surface area contributed by atoms with E-state index in [9.17, 15) is 4.79 Å². The normalized spacial score (nSPS) is 11.1. The molecule has 5 heteroatoms. The van der Waals surface area contributed by atoms with Gasteiger partial charge in [0.25, 0.3) is 5.91 Å². The average Bonchev–Trinajstić information content (AvgIpc) is 2.95. The summed E-state index contributed by atoms with van der Waals surface area (Å²) in [4.78, 5) is 12.3. The third kappa shape index (κ3) is 2.62. The largest absolute Gasteiger partial charge is 0.456 e. The number of halogens is 2. The van der Waals surface area contributed by atoms with E-state index in [1.807, 2.05) is 42.5 Å². The average molecular weight is 356 g/mol. The number of amides is 1. The molecule has 0 bridgehead atoms. The number of rotatable bonds is 2. The van der Waals surface area contributed by atoms with Crippen LogP contribution >= 0.6 is 23.2 Å². The van der Waals surface area contributed by atoms with Gasteiger partial charge in [-0.05, 0) is 36.4 Å². The van der Waals surface area contributed by atoms with Crippen molar-refractivity contribution in [3.63, 3.8) is 0 Å². The first-order valence-electron chi connectivity index (χ1n) is 7.29. The molecule has 3 nitrogen and oxygen atoms in total. The minimum atomic E-state index is -0.260. The Morgan fingerprint density at radius 1 is 0.833 bits per heavy atom. The molecule has 0 saturated carbocycles. The van der Waals surface area contributed by atoms with Crippen molar-refractivity contribution >= 4 is 56.7 Å². The zero-order valence-corrected chi connectivity index (χ0v) is 13.9. The third-order valence-corrected chi connectivity index (χ3v) is 4.56.